The monoisotopic (exact) mass is 186 g/mol. The molecule has 0 radical (unpaired) electrons. The van der Waals surface area contributed by atoms with Crippen molar-refractivity contribution in [2.24, 2.45) is 0 Å². The molecule has 0 spiro atoms. The number of hydrogen-bond donors (Lipinski definition) is 0. The zero-order chi connectivity index (χ0) is 10.1. The number of furan rings is 1. The molecule has 0 aliphatic heterocycles. The summed E-state index contributed by atoms with van der Waals surface area (Å²) in [5.41, 5.74) is 3.44. The maximum absolute atomic E-state index is 5.73. The van der Waals surface area contributed by atoms with Crippen molar-refractivity contribution in [3.05, 3.63) is 41.2 Å². The summed E-state index contributed by atoms with van der Waals surface area (Å²) >= 11 is 0. The third-order valence-electron chi connectivity index (χ3n) is 2.45. The molecule has 0 saturated heterocycles. The third-order valence-corrected chi connectivity index (χ3v) is 2.45. The predicted octanol–water partition coefficient (Wildman–Crippen LogP) is 4.08. The highest BCUT2D eigenvalue weighted by Gasteiger charge is 2.06. The van der Waals surface area contributed by atoms with Crippen LogP contribution in [0.2, 0.25) is 0 Å². The number of hydrogen-bond acceptors (Lipinski definition) is 1. The van der Waals surface area contributed by atoms with E-state index in [-0.39, 0.29) is 0 Å². The second-order valence-electron chi connectivity index (χ2n) is 3.59. The Hall–Kier alpha value is -1.50. The second-order valence-corrected chi connectivity index (χ2v) is 3.59. The molecule has 0 atom stereocenters. The van der Waals surface area contributed by atoms with E-state index in [0.717, 1.165) is 11.3 Å². The summed E-state index contributed by atoms with van der Waals surface area (Å²) in [6.07, 6.45) is 4.00. The van der Waals surface area contributed by atoms with Gasteiger partial charge in [0.15, 0.2) is 0 Å². The normalized spacial score (nSPS) is 11.6. The minimum Gasteiger partial charge on any atom is -0.456 e. The molecular weight excluding hydrogens is 172 g/mol. The first-order chi connectivity index (χ1) is 6.72. The SMILES string of the molecule is CC=Cc1oc2cc(C)ccc2c1C. The van der Waals surface area contributed by atoms with Crippen LogP contribution in [0.1, 0.15) is 23.8 Å². The maximum atomic E-state index is 5.73. The van der Waals surface area contributed by atoms with E-state index in [1.807, 2.05) is 19.1 Å². The summed E-state index contributed by atoms with van der Waals surface area (Å²) in [4.78, 5) is 0. The lowest BCUT2D eigenvalue weighted by Crippen LogP contribution is -1.72. The number of allylic oxidation sites excluding steroid dienone is 1. The Kier molecular flexibility index (Phi) is 2.16. The lowest BCUT2D eigenvalue weighted by Gasteiger charge is -1.90. The van der Waals surface area contributed by atoms with Crippen LogP contribution in [0.5, 0.6) is 0 Å². The highest BCUT2D eigenvalue weighted by atomic mass is 16.3. The van der Waals surface area contributed by atoms with E-state index in [9.17, 15) is 0 Å². The van der Waals surface area contributed by atoms with Crippen molar-refractivity contribution >= 4 is 17.0 Å². The first kappa shape index (κ1) is 9.07. The molecule has 0 aliphatic rings. The molecule has 0 fully saturated rings. The Morgan fingerprint density at radius 1 is 1.21 bits per heavy atom. The van der Waals surface area contributed by atoms with Crippen LogP contribution in [0.25, 0.3) is 17.0 Å². The summed E-state index contributed by atoms with van der Waals surface area (Å²) in [5.74, 6) is 0.966. The minimum atomic E-state index is 0.966. The lowest BCUT2D eigenvalue weighted by molar-refractivity contribution is 0.601. The van der Waals surface area contributed by atoms with Crippen LogP contribution in [0.3, 0.4) is 0 Å². The van der Waals surface area contributed by atoms with E-state index in [1.54, 1.807) is 0 Å². The van der Waals surface area contributed by atoms with Crippen LogP contribution in [-0.2, 0) is 0 Å². The topological polar surface area (TPSA) is 13.1 Å². The zero-order valence-electron chi connectivity index (χ0n) is 8.79. The molecule has 0 aliphatic carbocycles. The van der Waals surface area contributed by atoms with Gasteiger partial charge in [0.05, 0.1) is 0 Å². The van der Waals surface area contributed by atoms with Crippen molar-refractivity contribution < 1.29 is 4.42 Å². The molecule has 2 aromatic rings. The molecule has 14 heavy (non-hydrogen) atoms. The van der Waals surface area contributed by atoms with Crippen molar-refractivity contribution in [1.82, 2.24) is 0 Å². The van der Waals surface area contributed by atoms with Gasteiger partial charge in [-0.05, 0) is 38.5 Å². The molecule has 1 heterocycles. The first-order valence-electron chi connectivity index (χ1n) is 4.85. The van der Waals surface area contributed by atoms with E-state index in [1.165, 1.54) is 16.5 Å². The molecular formula is C13H14O. The Labute approximate surface area is 84.0 Å². The largest absolute Gasteiger partial charge is 0.456 e. The van der Waals surface area contributed by atoms with Gasteiger partial charge in [0, 0.05) is 10.9 Å². The molecule has 1 aromatic heterocycles. The van der Waals surface area contributed by atoms with Gasteiger partial charge in [0.1, 0.15) is 11.3 Å². The molecule has 0 bridgehead atoms. The molecule has 0 N–H and O–H groups in total. The van der Waals surface area contributed by atoms with Gasteiger partial charge in [0.25, 0.3) is 0 Å². The maximum Gasteiger partial charge on any atom is 0.135 e. The molecule has 1 nitrogen and oxygen atoms in total. The molecule has 72 valence electrons. The van der Waals surface area contributed by atoms with Crippen molar-refractivity contribution in [3.63, 3.8) is 0 Å². The van der Waals surface area contributed by atoms with Gasteiger partial charge in [0.2, 0.25) is 0 Å². The van der Waals surface area contributed by atoms with Crippen LogP contribution in [0.15, 0.2) is 28.7 Å². The Balaban J connectivity index is 2.73. The first-order valence-corrected chi connectivity index (χ1v) is 4.85. The summed E-state index contributed by atoms with van der Waals surface area (Å²) in [5, 5.41) is 1.21. The van der Waals surface area contributed by atoms with Crippen molar-refractivity contribution in [2.45, 2.75) is 20.8 Å². The summed E-state index contributed by atoms with van der Waals surface area (Å²) in [7, 11) is 0. The lowest BCUT2D eigenvalue weighted by atomic mass is 10.1. The number of fused-ring (bicyclic) bond motifs is 1. The smallest absolute Gasteiger partial charge is 0.135 e. The minimum absolute atomic E-state index is 0.966. The van der Waals surface area contributed by atoms with Crippen LogP contribution < -0.4 is 0 Å². The van der Waals surface area contributed by atoms with Gasteiger partial charge in [-0.3, -0.25) is 0 Å². The van der Waals surface area contributed by atoms with Gasteiger partial charge in [-0.1, -0.05) is 18.2 Å². The summed E-state index contributed by atoms with van der Waals surface area (Å²) < 4.78 is 5.73. The van der Waals surface area contributed by atoms with Gasteiger partial charge in [-0.25, -0.2) is 0 Å². The van der Waals surface area contributed by atoms with Crippen molar-refractivity contribution in [3.8, 4) is 0 Å². The molecule has 1 heteroatoms. The fraction of sp³-hybridized carbons (Fsp3) is 0.231. The summed E-state index contributed by atoms with van der Waals surface area (Å²) in [6.45, 7) is 6.17. The highest BCUT2D eigenvalue weighted by molar-refractivity contribution is 5.84. The van der Waals surface area contributed by atoms with Gasteiger partial charge in [-0.15, -0.1) is 0 Å². The molecule has 0 amide bonds. The predicted molar refractivity (Wildman–Crippen MR) is 60.4 cm³/mol. The van der Waals surface area contributed by atoms with Crippen molar-refractivity contribution in [2.75, 3.05) is 0 Å². The van der Waals surface area contributed by atoms with Crippen LogP contribution in [0.4, 0.5) is 0 Å². The number of benzene rings is 1. The van der Waals surface area contributed by atoms with Crippen LogP contribution >= 0.6 is 0 Å². The molecule has 2 rings (SSSR count). The average Bonchev–Trinajstić information content (AvgIpc) is 2.44. The van der Waals surface area contributed by atoms with Gasteiger partial charge in [-0.2, -0.15) is 0 Å². The van der Waals surface area contributed by atoms with Crippen LogP contribution in [-0.4, -0.2) is 0 Å². The second kappa shape index (κ2) is 3.33. The molecule has 0 saturated carbocycles. The zero-order valence-corrected chi connectivity index (χ0v) is 8.79. The Morgan fingerprint density at radius 2 is 2.00 bits per heavy atom. The van der Waals surface area contributed by atoms with Gasteiger partial charge >= 0.3 is 0 Å². The molecule has 1 aromatic carbocycles. The third kappa shape index (κ3) is 1.35. The van der Waals surface area contributed by atoms with E-state index in [0.29, 0.717) is 0 Å². The fourth-order valence-electron chi connectivity index (χ4n) is 1.66. The van der Waals surface area contributed by atoms with E-state index in [4.69, 9.17) is 4.42 Å². The average molecular weight is 186 g/mol. The number of aryl methyl sites for hydroxylation is 2. The highest BCUT2D eigenvalue weighted by Crippen LogP contribution is 2.26. The van der Waals surface area contributed by atoms with Crippen molar-refractivity contribution in [1.29, 1.82) is 0 Å². The van der Waals surface area contributed by atoms with E-state index >= 15 is 0 Å². The number of rotatable bonds is 1. The Bertz CT molecular complexity index is 489. The van der Waals surface area contributed by atoms with E-state index in [2.05, 4.69) is 32.0 Å². The fourth-order valence-corrected chi connectivity index (χ4v) is 1.66. The van der Waals surface area contributed by atoms with E-state index < -0.39 is 0 Å². The van der Waals surface area contributed by atoms with Gasteiger partial charge < -0.3 is 4.42 Å². The quantitative estimate of drug-likeness (QED) is 0.654. The molecule has 0 unspecified atom stereocenters. The Morgan fingerprint density at radius 3 is 2.71 bits per heavy atom. The van der Waals surface area contributed by atoms with Crippen LogP contribution in [0, 0.1) is 13.8 Å². The standard InChI is InChI=1S/C13H14O/c1-4-5-12-10(3)11-7-6-9(2)8-13(11)14-12/h4-8H,1-3H3. The summed E-state index contributed by atoms with van der Waals surface area (Å²) in [6, 6.07) is 6.32.